The molecule has 16 heteroatoms. The van der Waals surface area contributed by atoms with Crippen LogP contribution < -0.4 is 5.48 Å². The van der Waals surface area contributed by atoms with E-state index < -0.39 is 57.7 Å². The largest absolute Gasteiger partial charge is 0.413 e. The van der Waals surface area contributed by atoms with Gasteiger partial charge >= 0.3 is 20.8 Å². The zero-order valence-electron chi connectivity index (χ0n) is 10.4. The van der Waals surface area contributed by atoms with Crippen LogP contribution in [0.3, 0.4) is 0 Å². The molecule has 14 nitrogen and oxygen atoms in total. The van der Waals surface area contributed by atoms with Crippen molar-refractivity contribution >= 4 is 27.1 Å². The Labute approximate surface area is 123 Å². The molecule has 0 radical (unpaired) electrons. The number of aldehydes is 1. The summed E-state index contributed by atoms with van der Waals surface area (Å²) in [7, 11) is -10.8. The maximum atomic E-state index is 10.8. The first-order chi connectivity index (χ1) is 9.77. The van der Waals surface area contributed by atoms with E-state index in [1.807, 2.05) is 0 Å². The Morgan fingerprint density at radius 2 is 1.64 bits per heavy atom. The van der Waals surface area contributed by atoms with Crippen LogP contribution in [0, 0.1) is 0 Å². The lowest BCUT2D eigenvalue weighted by atomic mass is 9.98. The van der Waals surface area contributed by atoms with E-state index in [2.05, 4.69) is 8.47 Å². The molecule has 0 aromatic rings. The van der Waals surface area contributed by atoms with Crippen molar-refractivity contribution in [2.45, 2.75) is 24.0 Å². The Bertz CT molecular complexity index is 571. The van der Waals surface area contributed by atoms with Crippen molar-refractivity contribution in [1.82, 2.24) is 5.48 Å². The Morgan fingerprint density at radius 3 is 1.95 bits per heavy atom. The summed E-state index contributed by atoms with van der Waals surface area (Å²) < 4.78 is 65.9. The number of carbonyl (C=O) groups excluding carboxylic acids is 1. The maximum absolute atomic E-state index is 10.8. The molecule has 0 aliphatic carbocycles. The SMILES string of the molecule is O=C[C@H](NOS(=O)(=O)O)[C@](O)(OS(=O)(=O)O)[C@H](O)[C@H](O)CO. The van der Waals surface area contributed by atoms with Crippen molar-refractivity contribution in [2.24, 2.45) is 0 Å². The molecule has 0 aliphatic rings. The van der Waals surface area contributed by atoms with Crippen LogP contribution in [0.2, 0.25) is 0 Å². The summed E-state index contributed by atoms with van der Waals surface area (Å²) in [4.78, 5) is 10.8. The lowest BCUT2D eigenvalue weighted by molar-refractivity contribution is -0.251. The van der Waals surface area contributed by atoms with Gasteiger partial charge in [-0.3, -0.25) is 9.11 Å². The second kappa shape index (κ2) is 7.66. The number of aliphatic hydroxyl groups excluding tert-OH is 3. The van der Waals surface area contributed by atoms with Crippen LogP contribution in [0.4, 0.5) is 0 Å². The summed E-state index contributed by atoms with van der Waals surface area (Å²) in [5.74, 6) is -3.72. The second-order valence-electron chi connectivity index (χ2n) is 3.70. The minimum atomic E-state index is -5.55. The van der Waals surface area contributed by atoms with Gasteiger partial charge in [-0.25, -0.2) is 4.18 Å². The third-order valence-corrected chi connectivity index (χ3v) is 2.86. The number of nitrogens with one attached hydrogen (secondary N) is 1. The van der Waals surface area contributed by atoms with Crippen LogP contribution in [0.5, 0.6) is 0 Å². The van der Waals surface area contributed by atoms with Crippen molar-refractivity contribution in [3.8, 4) is 0 Å². The highest BCUT2D eigenvalue weighted by Crippen LogP contribution is 2.22. The summed E-state index contributed by atoms with van der Waals surface area (Å²) >= 11 is 0. The monoisotopic (exact) mass is 371 g/mol. The molecule has 0 unspecified atom stereocenters. The molecule has 0 saturated heterocycles. The Hall–Kier alpha value is -0.790. The Morgan fingerprint density at radius 1 is 1.14 bits per heavy atom. The third kappa shape index (κ3) is 6.54. The predicted molar refractivity (Wildman–Crippen MR) is 62.3 cm³/mol. The molecular formula is C6H13NO13S2. The molecule has 0 aromatic carbocycles. The van der Waals surface area contributed by atoms with Crippen molar-refractivity contribution < 1.29 is 59.6 Å². The summed E-state index contributed by atoms with van der Waals surface area (Å²) in [5.41, 5.74) is 1.12. The number of rotatable bonds is 10. The van der Waals surface area contributed by atoms with Crippen LogP contribution >= 0.6 is 0 Å². The molecule has 0 fully saturated rings. The normalized spacial score (nSPS) is 19.9. The van der Waals surface area contributed by atoms with Crippen LogP contribution in [0.1, 0.15) is 0 Å². The van der Waals surface area contributed by atoms with Crippen LogP contribution in [-0.2, 0) is 34.1 Å². The van der Waals surface area contributed by atoms with Gasteiger partial charge in [0.25, 0.3) is 0 Å². The lowest BCUT2D eigenvalue weighted by Gasteiger charge is -2.36. The quantitative estimate of drug-likeness (QED) is 0.0824. The Balaban J connectivity index is 5.65. The number of hydrogen-bond acceptors (Lipinski definition) is 12. The third-order valence-electron chi connectivity index (χ3n) is 2.08. The van der Waals surface area contributed by atoms with Crippen molar-refractivity contribution in [3.63, 3.8) is 0 Å². The Kier molecular flexibility index (Phi) is 7.38. The molecule has 0 spiro atoms. The molecule has 132 valence electrons. The number of hydroxylamine groups is 1. The summed E-state index contributed by atoms with van der Waals surface area (Å²) in [6.07, 6.45) is -5.50. The smallest absolute Gasteiger partial charge is 0.394 e. The maximum Gasteiger partial charge on any atom is 0.413 e. The van der Waals surface area contributed by atoms with E-state index in [0.717, 1.165) is 5.48 Å². The van der Waals surface area contributed by atoms with Crippen molar-refractivity contribution in [2.75, 3.05) is 6.61 Å². The zero-order valence-corrected chi connectivity index (χ0v) is 12.0. The van der Waals surface area contributed by atoms with Gasteiger partial charge in [0.2, 0.25) is 5.79 Å². The van der Waals surface area contributed by atoms with E-state index in [1.165, 1.54) is 0 Å². The minimum absolute atomic E-state index is 0.455. The summed E-state index contributed by atoms with van der Waals surface area (Å²) in [6, 6.07) is -2.58. The van der Waals surface area contributed by atoms with Crippen LogP contribution in [-0.4, -0.2) is 83.3 Å². The van der Waals surface area contributed by atoms with Gasteiger partial charge in [-0.05, 0) is 0 Å². The molecule has 4 atom stereocenters. The molecule has 0 aromatic heterocycles. The van der Waals surface area contributed by atoms with E-state index in [-0.39, 0.29) is 0 Å². The van der Waals surface area contributed by atoms with E-state index in [4.69, 9.17) is 19.3 Å². The first-order valence-corrected chi connectivity index (χ1v) is 7.74. The van der Waals surface area contributed by atoms with E-state index in [0.29, 0.717) is 0 Å². The van der Waals surface area contributed by atoms with Gasteiger partial charge in [-0.15, -0.1) is 0 Å². The molecule has 0 saturated carbocycles. The average molecular weight is 371 g/mol. The van der Waals surface area contributed by atoms with Gasteiger partial charge in [-0.1, -0.05) is 0 Å². The number of hydrogen-bond donors (Lipinski definition) is 7. The fraction of sp³-hybridized carbons (Fsp3) is 0.833. The van der Waals surface area contributed by atoms with Crippen molar-refractivity contribution in [1.29, 1.82) is 0 Å². The van der Waals surface area contributed by atoms with Gasteiger partial charge in [-0.2, -0.15) is 26.6 Å². The topological polar surface area (TPSA) is 237 Å². The van der Waals surface area contributed by atoms with E-state index >= 15 is 0 Å². The van der Waals surface area contributed by atoms with E-state index in [9.17, 15) is 31.8 Å². The van der Waals surface area contributed by atoms with Gasteiger partial charge in [0, 0.05) is 0 Å². The fourth-order valence-corrected chi connectivity index (χ4v) is 1.92. The molecule has 0 aliphatic heterocycles. The molecule has 22 heavy (non-hydrogen) atoms. The summed E-state index contributed by atoms with van der Waals surface area (Å²) in [6.45, 7) is -1.26. The van der Waals surface area contributed by atoms with Gasteiger partial charge in [0.15, 0.2) is 0 Å². The predicted octanol–water partition coefficient (Wildman–Crippen LogP) is -4.90. The first-order valence-electron chi connectivity index (χ1n) is 5.01. The van der Waals surface area contributed by atoms with Gasteiger partial charge in [0.1, 0.15) is 24.5 Å². The molecule has 0 heterocycles. The number of aliphatic hydroxyl groups is 4. The molecule has 0 amide bonds. The average Bonchev–Trinajstić information content (AvgIpc) is 2.33. The highest BCUT2D eigenvalue weighted by Gasteiger charge is 2.52. The first kappa shape index (κ1) is 21.2. The highest BCUT2D eigenvalue weighted by atomic mass is 32.3. The lowest BCUT2D eigenvalue weighted by Crippen LogP contribution is -2.64. The minimum Gasteiger partial charge on any atom is -0.394 e. The number of carbonyl (C=O) groups is 1. The second-order valence-corrected chi connectivity index (χ2v) is 5.74. The zero-order chi connectivity index (χ0) is 17.8. The van der Waals surface area contributed by atoms with Gasteiger partial charge in [0.05, 0.1) is 6.61 Å². The summed E-state index contributed by atoms with van der Waals surface area (Å²) in [5, 5.41) is 37.1. The van der Waals surface area contributed by atoms with Crippen molar-refractivity contribution in [3.05, 3.63) is 0 Å². The molecule has 0 rings (SSSR count). The molecular weight excluding hydrogens is 358 g/mol. The molecule has 7 N–H and O–H groups in total. The standard InChI is InChI=1S/C6H13NO13S2/c8-1-3(10)5(11)6(12,19-21(13,14)15)4(2-9)7-20-22(16,17)18/h2-5,7-8,10-12H,1H2,(H,13,14,15)(H,16,17,18)/t3-,4+,5-,6+/m1/s1. The van der Waals surface area contributed by atoms with Crippen LogP contribution in [0.25, 0.3) is 0 Å². The highest BCUT2D eigenvalue weighted by molar-refractivity contribution is 7.81. The fourth-order valence-electron chi connectivity index (χ4n) is 1.15. The van der Waals surface area contributed by atoms with Crippen LogP contribution in [0.15, 0.2) is 0 Å². The van der Waals surface area contributed by atoms with Gasteiger partial charge < -0.3 is 25.2 Å². The molecule has 0 bridgehead atoms. The van der Waals surface area contributed by atoms with E-state index in [1.54, 1.807) is 0 Å².